The molecule has 0 aliphatic carbocycles. The lowest BCUT2D eigenvalue weighted by atomic mass is 10.2. The molecule has 2 aromatic rings. The van der Waals surface area contributed by atoms with E-state index in [0.29, 0.717) is 30.8 Å². The summed E-state index contributed by atoms with van der Waals surface area (Å²) in [5.74, 6) is 1.59. The van der Waals surface area contributed by atoms with Crippen molar-refractivity contribution in [2.24, 2.45) is 11.5 Å². The summed E-state index contributed by atoms with van der Waals surface area (Å²) in [6.45, 7) is 3.04. The van der Waals surface area contributed by atoms with E-state index in [-0.39, 0.29) is 17.4 Å². The molecular formula is C23H34N4O5S. The summed E-state index contributed by atoms with van der Waals surface area (Å²) < 4.78 is 38.9. The number of nitrogen functional groups attached to an aromatic ring is 2. The summed E-state index contributed by atoms with van der Waals surface area (Å²) in [5, 5.41) is 14.7. The number of ether oxygens (including phenoxy) is 2. The highest BCUT2D eigenvalue weighted by molar-refractivity contribution is 7.85. The van der Waals surface area contributed by atoms with Crippen LogP contribution in [0.5, 0.6) is 11.5 Å². The molecule has 0 aromatic heterocycles. The lowest BCUT2D eigenvalue weighted by Gasteiger charge is -2.08. The Bertz CT molecular complexity index is 898. The van der Waals surface area contributed by atoms with Crippen molar-refractivity contribution in [2.45, 2.75) is 39.0 Å². The Morgan fingerprint density at radius 1 is 0.788 bits per heavy atom. The van der Waals surface area contributed by atoms with Gasteiger partial charge in [-0.25, -0.2) is 0 Å². The number of nitrogens with two attached hydrogens (primary N) is 2. The molecule has 0 heterocycles. The van der Waals surface area contributed by atoms with E-state index < -0.39 is 10.1 Å². The van der Waals surface area contributed by atoms with Crippen molar-refractivity contribution in [3.8, 4) is 11.5 Å². The maximum absolute atomic E-state index is 9.79. The molecule has 0 aliphatic heterocycles. The van der Waals surface area contributed by atoms with Crippen LogP contribution >= 0.6 is 0 Å². The van der Waals surface area contributed by atoms with Crippen molar-refractivity contribution in [1.29, 1.82) is 10.8 Å². The molecule has 0 amide bonds. The van der Waals surface area contributed by atoms with Gasteiger partial charge >= 0.3 is 0 Å². The first kappa shape index (κ1) is 27.9. The molecule has 0 fully saturated rings. The van der Waals surface area contributed by atoms with Crippen LogP contribution in [0.3, 0.4) is 0 Å². The minimum absolute atomic E-state index is 0.0635. The molecule has 0 bridgehead atoms. The Balaban J connectivity index is 0.000000675. The quantitative estimate of drug-likeness (QED) is 0.127. The van der Waals surface area contributed by atoms with Gasteiger partial charge in [-0.1, -0.05) is 6.92 Å². The van der Waals surface area contributed by atoms with Gasteiger partial charge in [0, 0.05) is 11.1 Å². The van der Waals surface area contributed by atoms with Gasteiger partial charge in [0.25, 0.3) is 10.1 Å². The monoisotopic (exact) mass is 478 g/mol. The fraction of sp³-hybridized carbons (Fsp3) is 0.391. The van der Waals surface area contributed by atoms with Gasteiger partial charge in [-0.3, -0.25) is 15.4 Å². The van der Waals surface area contributed by atoms with Crippen LogP contribution in [0, 0.1) is 10.8 Å². The Kier molecular flexibility index (Phi) is 12.6. The van der Waals surface area contributed by atoms with Gasteiger partial charge in [0.05, 0.1) is 19.0 Å². The number of rotatable bonds is 13. The van der Waals surface area contributed by atoms with Crippen molar-refractivity contribution in [3.05, 3.63) is 59.7 Å². The van der Waals surface area contributed by atoms with Crippen molar-refractivity contribution >= 4 is 21.8 Å². The third-order valence-electron chi connectivity index (χ3n) is 4.37. The maximum atomic E-state index is 9.79. The number of nitrogens with one attached hydrogen (secondary N) is 2. The number of benzene rings is 2. The lowest BCUT2D eigenvalue weighted by Crippen LogP contribution is -2.10. The van der Waals surface area contributed by atoms with E-state index >= 15 is 0 Å². The first-order valence-corrected chi connectivity index (χ1v) is 12.3. The van der Waals surface area contributed by atoms with Crippen molar-refractivity contribution in [1.82, 2.24) is 0 Å². The molecule has 0 saturated heterocycles. The zero-order chi connectivity index (χ0) is 24.7. The van der Waals surface area contributed by atoms with Crippen LogP contribution in [-0.2, 0) is 10.1 Å². The maximum Gasteiger partial charge on any atom is 0.264 e. The SMILES string of the molecule is CCCS(=O)(=O)O.N=C(N)c1ccc(OCCCCCCOc2ccc(C(=N)N)cc2)cc1. The summed E-state index contributed by atoms with van der Waals surface area (Å²) >= 11 is 0. The smallest absolute Gasteiger partial charge is 0.264 e. The van der Waals surface area contributed by atoms with Crippen LogP contribution in [0.2, 0.25) is 0 Å². The summed E-state index contributed by atoms with van der Waals surface area (Å²) in [5.41, 5.74) is 12.2. The van der Waals surface area contributed by atoms with Crippen LogP contribution in [0.1, 0.15) is 50.2 Å². The summed E-state index contributed by atoms with van der Waals surface area (Å²) in [6, 6.07) is 14.5. The van der Waals surface area contributed by atoms with Crippen LogP contribution in [0.4, 0.5) is 0 Å². The van der Waals surface area contributed by atoms with E-state index in [9.17, 15) is 8.42 Å². The normalized spacial score (nSPS) is 10.6. The average Bonchev–Trinajstić information content (AvgIpc) is 2.76. The molecule has 0 radical (unpaired) electrons. The molecule has 2 rings (SSSR count). The Morgan fingerprint density at radius 2 is 1.15 bits per heavy atom. The highest BCUT2D eigenvalue weighted by Gasteiger charge is 2.00. The van der Waals surface area contributed by atoms with E-state index in [4.69, 9.17) is 36.3 Å². The van der Waals surface area contributed by atoms with Gasteiger partial charge in [-0.05, 0) is 80.6 Å². The zero-order valence-electron chi connectivity index (χ0n) is 18.9. The zero-order valence-corrected chi connectivity index (χ0v) is 19.7. The van der Waals surface area contributed by atoms with Crippen molar-refractivity contribution < 1.29 is 22.4 Å². The van der Waals surface area contributed by atoms with Gasteiger partial charge < -0.3 is 20.9 Å². The van der Waals surface area contributed by atoms with E-state index in [2.05, 4.69) is 0 Å². The van der Waals surface area contributed by atoms with E-state index in [1.807, 2.05) is 24.3 Å². The minimum atomic E-state index is -3.67. The predicted octanol–water partition coefficient (Wildman–Crippen LogP) is 3.56. The van der Waals surface area contributed by atoms with Crippen molar-refractivity contribution in [3.63, 3.8) is 0 Å². The minimum Gasteiger partial charge on any atom is -0.494 e. The molecule has 7 N–H and O–H groups in total. The standard InChI is InChI=1S/C20H26N4O2.C3H8O3S/c21-19(22)15-5-9-17(10-6-15)25-13-3-1-2-4-14-26-18-11-7-16(8-12-18)20(23)24;1-2-3-7(4,5)6/h5-12H,1-4,13-14H2,(H3,21,22)(H3,23,24);2-3H2,1H3,(H,4,5,6). The first-order chi connectivity index (χ1) is 15.6. The topological polar surface area (TPSA) is 173 Å². The third kappa shape index (κ3) is 13.1. The Morgan fingerprint density at radius 3 is 1.39 bits per heavy atom. The number of hydrogen-bond donors (Lipinski definition) is 5. The summed E-state index contributed by atoms with van der Waals surface area (Å²) in [6.07, 6.45) is 4.61. The van der Waals surface area contributed by atoms with Crippen LogP contribution < -0.4 is 20.9 Å². The molecular weight excluding hydrogens is 444 g/mol. The predicted molar refractivity (Wildman–Crippen MR) is 131 cm³/mol. The van der Waals surface area contributed by atoms with Gasteiger partial charge in [-0.2, -0.15) is 8.42 Å². The molecule has 33 heavy (non-hydrogen) atoms. The first-order valence-electron chi connectivity index (χ1n) is 10.7. The second kappa shape index (κ2) is 14.9. The fourth-order valence-electron chi connectivity index (χ4n) is 2.66. The molecule has 0 spiro atoms. The summed E-state index contributed by atoms with van der Waals surface area (Å²) in [4.78, 5) is 0. The molecule has 182 valence electrons. The van der Waals surface area contributed by atoms with Gasteiger partial charge in [-0.15, -0.1) is 0 Å². The van der Waals surface area contributed by atoms with Gasteiger partial charge in [0.2, 0.25) is 0 Å². The van der Waals surface area contributed by atoms with E-state index in [1.165, 1.54) is 0 Å². The molecule has 10 heteroatoms. The van der Waals surface area contributed by atoms with Crippen molar-refractivity contribution in [2.75, 3.05) is 19.0 Å². The Hall–Kier alpha value is -3.11. The third-order valence-corrected chi connectivity index (χ3v) is 5.29. The van der Waals surface area contributed by atoms with Crippen LogP contribution in [0.15, 0.2) is 48.5 Å². The second-order valence-electron chi connectivity index (χ2n) is 7.27. The van der Waals surface area contributed by atoms with E-state index in [1.54, 1.807) is 31.2 Å². The molecule has 0 saturated carbocycles. The average molecular weight is 479 g/mol. The Labute approximate surface area is 195 Å². The number of amidine groups is 2. The molecule has 0 aliphatic rings. The molecule has 2 aromatic carbocycles. The van der Waals surface area contributed by atoms with Gasteiger partial charge in [0.1, 0.15) is 23.2 Å². The lowest BCUT2D eigenvalue weighted by molar-refractivity contribution is 0.287. The highest BCUT2D eigenvalue weighted by Crippen LogP contribution is 2.14. The fourth-order valence-corrected chi connectivity index (χ4v) is 3.17. The summed E-state index contributed by atoms with van der Waals surface area (Å²) in [7, 11) is -3.67. The second-order valence-corrected chi connectivity index (χ2v) is 8.85. The molecule has 9 nitrogen and oxygen atoms in total. The van der Waals surface area contributed by atoms with Crippen LogP contribution in [0.25, 0.3) is 0 Å². The molecule has 0 atom stereocenters. The van der Waals surface area contributed by atoms with E-state index in [0.717, 1.165) is 37.2 Å². The highest BCUT2D eigenvalue weighted by atomic mass is 32.2. The number of hydrogen-bond acceptors (Lipinski definition) is 6. The molecule has 0 unspecified atom stereocenters. The number of unbranched alkanes of at least 4 members (excludes halogenated alkanes) is 3. The van der Waals surface area contributed by atoms with Gasteiger partial charge in [0.15, 0.2) is 0 Å². The largest absolute Gasteiger partial charge is 0.494 e. The van der Waals surface area contributed by atoms with Crippen LogP contribution in [-0.4, -0.2) is 43.6 Å².